The van der Waals surface area contributed by atoms with Crippen LogP contribution >= 0.6 is 35.0 Å². The number of hydrogen-bond donors (Lipinski definition) is 2. The van der Waals surface area contributed by atoms with Crippen LogP contribution < -0.4 is 10.1 Å². The number of aliphatic carboxylic acids is 1. The lowest BCUT2D eigenvalue weighted by Gasteiger charge is -2.09. The van der Waals surface area contributed by atoms with E-state index in [-0.39, 0.29) is 21.7 Å². The Bertz CT molecular complexity index is 997. The molecule has 1 aliphatic rings. The van der Waals surface area contributed by atoms with Gasteiger partial charge in [0.15, 0.2) is 17.5 Å². The Kier molecular flexibility index (Phi) is 6.84. The molecule has 0 spiro atoms. The summed E-state index contributed by atoms with van der Waals surface area (Å²) in [5.41, 5.74) is 2.54. The number of amidine groups is 1. The molecule has 1 heterocycles. The van der Waals surface area contributed by atoms with Crippen LogP contribution in [0.3, 0.4) is 0 Å². The van der Waals surface area contributed by atoms with E-state index in [2.05, 4.69) is 17.2 Å². The molecule has 0 radical (unpaired) electrons. The average Bonchev–Trinajstić information content (AvgIpc) is 3.00. The molecule has 0 saturated carbocycles. The number of hydrogen-bond acceptors (Lipinski definition) is 5. The minimum Gasteiger partial charge on any atom is -0.479 e. The summed E-state index contributed by atoms with van der Waals surface area (Å²) in [6.45, 7) is 1.52. The molecular formula is C20H16Cl2N2O4S. The Labute approximate surface area is 181 Å². The van der Waals surface area contributed by atoms with Gasteiger partial charge in [0.05, 0.1) is 20.6 Å². The molecule has 2 N–H and O–H groups in total. The van der Waals surface area contributed by atoms with Gasteiger partial charge in [-0.05, 0) is 59.7 Å². The second-order valence-corrected chi connectivity index (χ2v) is 7.84. The summed E-state index contributed by atoms with van der Waals surface area (Å²) < 4.78 is 5.09. The zero-order valence-corrected chi connectivity index (χ0v) is 17.6. The van der Waals surface area contributed by atoms with E-state index in [1.807, 2.05) is 24.3 Å². The number of rotatable bonds is 6. The van der Waals surface area contributed by atoms with E-state index < -0.39 is 12.6 Å². The predicted molar refractivity (Wildman–Crippen MR) is 116 cm³/mol. The molecule has 2 aromatic carbocycles. The van der Waals surface area contributed by atoms with Crippen molar-refractivity contribution in [2.75, 3.05) is 6.61 Å². The number of aryl methyl sites for hydroxylation is 1. The maximum absolute atomic E-state index is 12.3. The molecule has 1 aliphatic heterocycles. The second-order valence-electron chi connectivity index (χ2n) is 6.00. The van der Waals surface area contributed by atoms with Gasteiger partial charge >= 0.3 is 5.97 Å². The fourth-order valence-corrected chi connectivity index (χ4v) is 3.94. The number of thioether (sulfide) groups is 1. The van der Waals surface area contributed by atoms with E-state index in [0.29, 0.717) is 15.6 Å². The standard InChI is InChI=1S/C20H16Cl2N2O4S/c1-2-11-3-5-13(6-4-11)23-20-24-19(27)16(29-20)9-12-7-14(21)18(15(22)8-12)28-10-17(25)26/h3-9H,2,10H2,1H3,(H,25,26)(H,23,24,27)/b16-9+. The van der Waals surface area contributed by atoms with E-state index in [1.165, 1.54) is 17.3 Å². The fourth-order valence-electron chi connectivity index (χ4n) is 2.49. The number of carbonyl (C=O) groups excluding carboxylic acids is 1. The van der Waals surface area contributed by atoms with Gasteiger partial charge in [0, 0.05) is 0 Å². The molecule has 29 heavy (non-hydrogen) atoms. The fraction of sp³-hybridized carbons (Fsp3) is 0.150. The van der Waals surface area contributed by atoms with Gasteiger partial charge in [-0.2, -0.15) is 0 Å². The lowest BCUT2D eigenvalue weighted by atomic mass is 10.2. The third-order valence-corrected chi connectivity index (χ3v) is 5.36. The SMILES string of the molecule is CCc1ccc(N=C2NC(=O)/C(=C\c3cc(Cl)c(OCC(=O)O)c(Cl)c3)S2)cc1. The molecule has 2 aromatic rings. The van der Waals surface area contributed by atoms with Gasteiger partial charge < -0.3 is 15.2 Å². The van der Waals surface area contributed by atoms with Crippen molar-refractivity contribution in [2.24, 2.45) is 4.99 Å². The van der Waals surface area contributed by atoms with Crippen LogP contribution in [0, 0.1) is 0 Å². The zero-order valence-electron chi connectivity index (χ0n) is 15.2. The second kappa shape index (κ2) is 9.35. The van der Waals surface area contributed by atoms with Crippen LogP contribution in [0.5, 0.6) is 5.75 Å². The predicted octanol–water partition coefficient (Wildman–Crippen LogP) is 4.91. The Balaban J connectivity index is 1.79. The maximum Gasteiger partial charge on any atom is 0.341 e. The number of carbonyl (C=O) groups is 2. The molecule has 6 nitrogen and oxygen atoms in total. The van der Waals surface area contributed by atoms with E-state index in [9.17, 15) is 9.59 Å². The van der Waals surface area contributed by atoms with E-state index in [4.69, 9.17) is 33.0 Å². The average molecular weight is 451 g/mol. The summed E-state index contributed by atoms with van der Waals surface area (Å²) in [7, 11) is 0. The molecule has 150 valence electrons. The molecule has 0 atom stereocenters. The maximum atomic E-state index is 12.3. The van der Waals surface area contributed by atoms with Crippen molar-refractivity contribution in [1.82, 2.24) is 5.32 Å². The Morgan fingerprint density at radius 2 is 1.90 bits per heavy atom. The van der Waals surface area contributed by atoms with Crippen molar-refractivity contribution in [3.8, 4) is 5.75 Å². The monoisotopic (exact) mass is 450 g/mol. The summed E-state index contributed by atoms with van der Waals surface area (Å²) >= 11 is 13.5. The zero-order chi connectivity index (χ0) is 21.0. The number of benzene rings is 2. The Morgan fingerprint density at radius 3 is 2.48 bits per heavy atom. The van der Waals surface area contributed by atoms with Crippen molar-refractivity contribution < 1.29 is 19.4 Å². The number of nitrogens with one attached hydrogen (secondary N) is 1. The molecule has 0 unspecified atom stereocenters. The summed E-state index contributed by atoms with van der Waals surface area (Å²) in [4.78, 5) is 27.8. The number of nitrogens with zero attached hydrogens (tertiary/aromatic N) is 1. The minimum atomic E-state index is -1.14. The summed E-state index contributed by atoms with van der Waals surface area (Å²) in [5, 5.41) is 12.2. The Hall–Kier alpha value is -2.48. The van der Waals surface area contributed by atoms with Crippen molar-refractivity contribution in [2.45, 2.75) is 13.3 Å². The van der Waals surface area contributed by atoms with Crippen molar-refractivity contribution in [3.63, 3.8) is 0 Å². The highest BCUT2D eigenvalue weighted by molar-refractivity contribution is 8.18. The van der Waals surface area contributed by atoms with Crippen LogP contribution in [0.15, 0.2) is 46.3 Å². The number of amides is 1. The number of carboxylic acid groups (broad SMARTS) is 1. The highest BCUT2D eigenvalue weighted by Crippen LogP contribution is 2.36. The smallest absolute Gasteiger partial charge is 0.341 e. The molecule has 3 rings (SSSR count). The molecule has 0 aromatic heterocycles. The van der Waals surface area contributed by atoms with Gasteiger partial charge in [-0.1, -0.05) is 42.3 Å². The van der Waals surface area contributed by atoms with Crippen LogP contribution in [0.2, 0.25) is 10.0 Å². The minimum absolute atomic E-state index is 0.0826. The molecular weight excluding hydrogens is 435 g/mol. The van der Waals surface area contributed by atoms with Gasteiger partial charge in [-0.15, -0.1) is 0 Å². The molecule has 9 heteroatoms. The first-order chi connectivity index (χ1) is 13.9. The van der Waals surface area contributed by atoms with E-state index in [0.717, 1.165) is 12.1 Å². The van der Waals surface area contributed by atoms with E-state index >= 15 is 0 Å². The van der Waals surface area contributed by atoms with Gasteiger partial charge in [0.2, 0.25) is 0 Å². The number of carboxylic acids is 1. The highest BCUT2D eigenvalue weighted by atomic mass is 35.5. The van der Waals surface area contributed by atoms with Gasteiger partial charge in [0.25, 0.3) is 5.91 Å². The molecule has 0 aliphatic carbocycles. The van der Waals surface area contributed by atoms with Gasteiger partial charge in [0.1, 0.15) is 0 Å². The molecule has 0 bridgehead atoms. The van der Waals surface area contributed by atoms with Gasteiger partial charge in [-0.25, -0.2) is 9.79 Å². The molecule has 1 saturated heterocycles. The van der Waals surface area contributed by atoms with E-state index in [1.54, 1.807) is 18.2 Å². The lowest BCUT2D eigenvalue weighted by molar-refractivity contribution is -0.139. The number of halogens is 2. The van der Waals surface area contributed by atoms with Crippen LogP contribution in [0.25, 0.3) is 6.08 Å². The summed E-state index contributed by atoms with van der Waals surface area (Å²) in [6, 6.07) is 10.9. The van der Waals surface area contributed by atoms with Crippen LogP contribution in [-0.4, -0.2) is 28.8 Å². The highest BCUT2D eigenvalue weighted by Gasteiger charge is 2.24. The summed E-state index contributed by atoms with van der Waals surface area (Å²) in [6.07, 6.45) is 2.57. The number of ether oxygens (including phenoxy) is 1. The lowest BCUT2D eigenvalue weighted by Crippen LogP contribution is -2.19. The number of aliphatic imine (C=N–C) groups is 1. The summed E-state index contributed by atoms with van der Waals surface area (Å²) in [5.74, 6) is -1.34. The largest absolute Gasteiger partial charge is 0.479 e. The topological polar surface area (TPSA) is 88.0 Å². The quantitative estimate of drug-likeness (QED) is 0.610. The van der Waals surface area contributed by atoms with Crippen LogP contribution in [0.4, 0.5) is 5.69 Å². The Morgan fingerprint density at radius 1 is 1.24 bits per heavy atom. The first kappa shape index (κ1) is 21.2. The first-order valence-corrected chi connectivity index (χ1v) is 10.1. The van der Waals surface area contributed by atoms with Gasteiger partial charge in [-0.3, -0.25) is 4.79 Å². The molecule has 1 amide bonds. The third kappa shape index (κ3) is 5.53. The third-order valence-electron chi connectivity index (χ3n) is 3.88. The molecule has 1 fully saturated rings. The van der Waals surface area contributed by atoms with Crippen molar-refractivity contribution in [1.29, 1.82) is 0 Å². The van der Waals surface area contributed by atoms with Crippen LogP contribution in [-0.2, 0) is 16.0 Å². The van der Waals surface area contributed by atoms with Crippen molar-refractivity contribution >= 4 is 63.8 Å². The van der Waals surface area contributed by atoms with Crippen molar-refractivity contribution in [3.05, 3.63) is 62.5 Å². The van der Waals surface area contributed by atoms with Crippen LogP contribution in [0.1, 0.15) is 18.1 Å². The first-order valence-electron chi connectivity index (χ1n) is 8.58. The normalized spacial score (nSPS) is 16.3.